The number of benzene rings is 1. The first-order valence-corrected chi connectivity index (χ1v) is 4.98. The van der Waals surface area contributed by atoms with Crippen LogP contribution in [0.2, 0.25) is 0 Å². The zero-order valence-electron chi connectivity index (χ0n) is 9.76. The van der Waals surface area contributed by atoms with Crippen LogP contribution in [0.25, 0.3) is 0 Å². The standard InChI is InChI=1S/C11H13NO5/c1-6(2)11(14)7-4-9(13)10(17-3)5-8(7)12(15)16/h4-6,13H,1-3H3. The van der Waals surface area contributed by atoms with Gasteiger partial charge in [0.25, 0.3) is 5.69 Å². The Morgan fingerprint density at radius 2 is 2.06 bits per heavy atom. The third kappa shape index (κ3) is 2.52. The molecule has 0 unspecified atom stereocenters. The number of hydrogen-bond acceptors (Lipinski definition) is 5. The largest absolute Gasteiger partial charge is 0.504 e. The summed E-state index contributed by atoms with van der Waals surface area (Å²) in [5.41, 5.74) is -0.471. The van der Waals surface area contributed by atoms with Crippen molar-refractivity contribution < 1.29 is 19.6 Å². The molecule has 0 aliphatic carbocycles. The molecule has 92 valence electrons. The molecule has 0 saturated heterocycles. The van der Waals surface area contributed by atoms with Gasteiger partial charge in [-0.2, -0.15) is 0 Å². The van der Waals surface area contributed by atoms with Crippen LogP contribution in [-0.2, 0) is 0 Å². The van der Waals surface area contributed by atoms with Crippen molar-refractivity contribution in [3.8, 4) is 11.5 Å². The van der Waals surface area contributed by atoms with Gasteiger partial charge in [0.1, 0.15) is 0 Å². The second kappa shape index (κ2) is 4.82. The number of nitrogens with zero attached hydrogens (tertiary/aromatic N) is 1. The van der Waals surface area contributed by atoms with E-state index in [1.54, 1.807) is 13.8 Å². The highest BCUT2D eigenvalue weighted by Crippen LogP contribution is 2.34. The van der Waals surface area contributed by atoms with Crippen molar-refractivity contribution in [2.24, 2.45) is 5.92 Å². The predicted molar refractivity (Wildman–Crippen MR) is 60.5 cm³/mol. The number of phenolic OH excluding ortho intramolecular Hbond substituents is 1. The van der Waals surface area contributed by atoms with E-state index in [4.69, 9.17) is 4.74 Å². The summed E-state index contributed by atoms with van der Waals surface area (Å²) in [6.45, 7) is 3.26. The maximum absolute atomic E-state index is 11.8. The molecule has 0 bridgehead atoms. The number of aromatic hydroxyl groups is 1. The Morgan fingerprint density at radius 1 is 1.47 bits per heavy atom. The lowest BCUT2D eigenvalue weighted by atomic mass is 9.99. The lowest BCUT2D eigenvalue weighted by Gasteiger charge is -2.08. The van der Waals surface area contributed by atoms with Crippen LogP contribution < -0.4 is 4.74 Å². The molecule has 1 aromatic carbocycles. The maximum atomic E-state index is 11.8. The number of phenols is 1. The Kier molecular flexibility index (Phi) is 3.67. The fourth-order valence-corrected chi connectivity index (χ4v) is 1.38. The minimum absolute atomic E-state index is 0.0305. The molecule has 0 radical (unpaired) electrons. The molecule has 0 heterocycles. The van der Waals surface area contributed by atoms with Crippen molar-refractivity contribution in [1.82, 2.24) is 0 Å². The first-order valence-electron chi connectivity index (χ1n) is 4.98. The second-order valence-electron chi connectivity index (χ2n) is 3.82. The van der Waals surface area contributed by atoms with Crippen LogP contribution in [0.3, 0.4) is 0 Å². The van der Waals surface area contributed by atoms with Crippen molar-refractivity contribution in [2.45, 2.75) is 13.8 Å². The van der Waals surface area contributed by atoms with Gasteiger partial charge in [-0.3, -0.25) is 14.9 Å². The smallest absolute Gasteiger partial charge is 0.284 e. The van der Waals surface area contributed by atoms with E-state index in [1.807, 2.05) is 0 Å². The average molecular weight is 239 g/mol. The topological polar surface area (TPSA) is 89.7 Å². The van der Waals surface area contributed by atoms with Crippen molar-refractivity contribution in [1.29, 1.82) is 0 Å². The second-order valence-corrected chi connectivity index (χ2v) is 3.82. The van der Waals surface area contributed by atoms with Gasteiger partial charge in [-0.15, -0.1) is 0 Å². The normalized spacial score (nSPS) is 10.4. The summed E-state index contributed by atoms with van der Waals surface area (Å²) in [6, 6.07) is 2.12. The molecule has 0 aliphatic heterocycles. The molecule has 0 spiro atoms. The summed E-state index contributed by atoms with van der Waals surface area (Å²) >= 11 is 0. The van der Waals surface area contributed by atoms with Gasteiger partial charge >= 0.3 is 0 Å². The van der Waals surface area contributed by atoms with E-state index in [0.717, 1.165) is 12.1 Å². The zero-order chi connectivity index (χ0) is 13.2. The number of carbonyl (C=O) groups excluding carboxylic acids is 1. The maximum Gasteiger partial charge on any atom is 0.284 e. The SMILES string of the molecule is COc1cc([N+](=O)[O-])c(C(=O)C(C)C)cc1O. The Labute approximate surface area is 98.0 Å². The van der Waals surface area contributed by atoms with E-state index in [9.17, 15) is 20.0 Å². The highest BCUT2D eigenvalue weighted by Gasteiger charge is 2.25. The Morgan fingerprint density at radius 3 is 2.47 bits per heavy atom. The molecule has 0 saturated carbocycles. The average Bonchev–Trinajstić information content (AvgIpc) is 2.27. The van der Waals surface area contributed by atoms with E-state index in [0.29, 0.717) is 0 Å². The summed E-state index contributed by atoms with van der Waals surface area (Å²) in [7, 11) is 1.28. The van der Waals surface area contributed by atoms with Crippen molar-refractivity contribution >= 4 is 11.5 Å². The van der Waals surface area contributed by atoms with Crippen molar-refractivity contribution in [3.05, 3.63) is 27.8 Å². The number of carbonyl (C=O) groups is 1. The number of Topliss-reactive ketones (excluding diaryl/α,β-unsaturated/α-hetero) is 1. The molecule has 0 aromatic heterocycles. The lowest BCUT2D eigenvalue weighted by molar-refractivity contribution is -0.385. The number of nitro benzene ring substituents is 1. The fraction of sp³-hybridized carbons (Fsp3) is 0.364. The highest BCUT2D eigenvalue weighted by molar-refractivity contribution is 6.01. The Hall–Kier alpha value is -2.11. The van der Waals surface area contributed by atoms with Crippen LogP contribution >= 0.6 is 0 Å². The van der Waals surface area contributed by atoms with Gasteiger partial charge in [-0.25, -0.2) is 0 Å². The van der Waals surface area contributed by atoms with Crippen LogP contribution in [0.1, 0.15) is 24.2 Å². The van der Waals surface area contributed by atoms with Gasteiger partial charge in [0.05, 0.1) is 23.7 Å². The van der Waals surface area contributed by atoms with Crippen LogP contribution in [0.4, 0.5) is 5.69 Å². The number of methoxy groups -OCH3 is 1. The van der Waals surface area contributed by atoms with Crippen molar-refractivity contribution in [2.75, 3.05) is 7.11 Å². The minimum Gasteiger partial charge on any atom is -0.504 e. The molecule has 1 rings (SSSR count). The Bertz CT molecular complexity index is 467. The fourth-order valence-electron chi connectivity index (χ4n) is 1.38. The van der Waals surface area contributed by atoms with Gasteiger partial charge in [-0.1, -0.05) is 13.8 Å². The molecular weight excluding hydrogens is 226 g/mol. The van der Waals surface area contributed by atoms with Gasteiger partial charge in [-0.05, 0) is 0 Å². The van der Waals surface area contributed by atoms with Crippen LogP contribution in [0.15, 0.2) is 12.1 Å². The van der Waals surface area contributed by atoms with Gasteiger partial charge in [0, 0.05) is 12.0 Å². The third-order valence-electron chi connectivity index (χ3n) is 2.28. The lowest BCUT2D eigenvalue weighted by Crippen LogP contribution is -2.10. The van der Waals surface area contributed by atoms with Gasteiger partial charge in [0.15, 0.2) is 17.3 Å². The molecule has 0 atom stereocenters. The van der Waals surface area contributed by atoms with E-state index in [-0.39, 0.29) is 28.7 Å². The molecule has 6 nitrogen and oxygen atoms in total. The number of ketones is 1. The molecule has 0 amide bonds. The van der Waals surface area contributed by atoms with E-state index in [1.165, 1.54) is 7.11 Å². The molecule has 17 heavy (non-hydrogen) atoms. The van der Waals surface area contributed by atoms with Crippen LogP contribution in [-0.4, -0.2) is 22.9 Å². The molecular formula is C11H13NO5. The molecule has 1 aromatic rings. The summed E-state index contributed by atoms with van der Waals surface area (Å²) in [5, 5.41) is 20.4. The third-order valence-corrected chi connectivity index (χ3v) is 2.28. The van der Waals surface area contributed by atoms with Gasteiger partial charge < -0.3 is 9.84 Å². The molecule has 1 N–H and O–H groups in total. The summed E-state index contributed by atoms with van der Waals surface area (Å²) < 4.78 is 4.77. The van der Waals surface area contributed by atoms with Gasteiger partial charge in [0.2, 0.25) is 0 Å². The van der Waals surface area contributed by atoms with E-state index < -0.39 is 10.7 Å². The number of rotatable bonds is 4. The summed E-state index contributed by atoms with van der Waals surface area (Å²) in [6.07, 6.45) is 0. The molecule has 6 heteroatoms. The zero-order valence-corrected chi connectivity index (χ0v) is 9.76. The number of nitro groups is 1. The van der Waals surface area contributed by atoms with E-state index >= 15 is 0 Å². The Balaban J connectivity index is 3.43. The number of hydrogen-bond donors (Lipinski definition) is 1. The summed E-state index contributed by atoms with van der Waals surface area (Å²) in [5.74, 6) is -1.10. The monoisotopic (exact) mass is 239 g/mol. The van der Waals surface area contributed by atoms with Crippen LogP contribution in [0.5, 0.6) is 11.5 Å². The molecule has 0 aliphatic rings. The van der Waals surface area contributed by atoms with Crippen LogP contribution in [0, 0.1) is 16.0 Å². The van der Waals surface area contributed by atoms with E-state index in [2.05, 4.69) is 0 Å². The van der Waals surface area contributed by atoms with Crippen molar-refractivity contribution in [3.63, 3.8) is 0 Å². The highest BCUT2D eigenvalue weighted by atomic mass is 16.6. The summed E-state index contributed by atoms with van der Waals surface area (Å²) in [4.78, 5) is 21.9. The first kappa shape index (κ1) is 13.0. The predicted octanol–water partition coefficient (Wildman–Crippen LogP) is 2.15. The quantitative estimate of drug-likeness (QED) is 0.494. The first-order chi connectivity index (χ1) is 7.88. The molecule has 0 fully saturated rings. The number of ether oxygens (including phenoxy) is 1. The minimum atomic E-state index is -0.669.